The van der Waals surface area contributed by atoms with Crippen LogP contribution in [-0.2, 0) is 10.0 Å². The van der Waals surface area contributed by atoms with Crippen LogP contribution in [0.25, 0.3) is 0 Å². The highest BCUT2D eigenvalue weighted by Crippen LogP contribution is 2.17. The summed E-state index contributed by atoms with van der Waals surface area (Å²) in [4.78, 5) is 11.6. The smallest absolute Gasteiger partial charge is 0.426 e. The van der Waals surface area contributed by atoms with E-state index in [2.05, 4.69) is 0 Å². The summed E-state index contributed by atoms with van der Waals surface area (Å²) in [6, 6.07) is 13.7. The Morgan fingerprint density at radius 2 is 1.52 bits per heavy atom. The van der Waals surface area contributed by atoms with Gasteiger partial charge < -0.3 is 9.47 Å². The van der Waals surface area contributed by atoms with Crippen LogP contribution in [0.3, 0.4) is 0 Å². The van der Waals surface area contributed by atoms with Gasteiger partial charge in [-0.3, -0.25) is 0 Å². The minimum atomic E-state index is -3.94. The number of nitrogens with one attached hydrogen (secondary N) is 1. The van der Waals surface area contributed by atoms with Gasteiger partial charge in [0.1, 0.15) is 11.5 Å². The van der Waals surface area contributed by atoms with Crippen LogP contribution in [0.15, 0.2) is 59.5 Å². The molecule has 0 bridgehead atoms. The highest BCUT2D eigenvalue weighted by atomic mass is 32.2. The molecule has 1 amide bonds. The number of rotatable bonds is 4. The van der Waals surface area contributed by atoms with Gasteiger partial charge in [-0.15, -0.1) is 0 Å². The Morgan fingerprint density at radius 3 is 2.10 bits per heavy atom. The maximum Gasteiger partial charge on any atom is 0.426 e. The van der Waals surface area contributed by atoms with Gasteiger partial charge in [-0.25, -0.2) is 17.9 Å². The summed E-state index contributed by atoms with van der Waals surface area (Å²) in [5.41, 5.74) is 0. The van der Waals surface area contributed by atoms with Crippen molar-refractivity contribution in [3.05, 3.63) is 54.6 Å². The molecule has 0 aromatic heterocycles. The van der Waals surface area contributed by atoms with E-state index in [1.165, 1.54) is 31.4 Å². The summed E-state index contributed by atoms with van der Waals surface area (Å²) in [5.74, 6) is 0.802. The molecule has 0 saturated heterocycles. The van der Waals surface area contributed by atoms with E-state index in [1.54, 1.807) is 30.3 Å². The molecule has 6 nitrogen and oxygen atoms in total. The lowest BCUT2D eigenvalue weighted by Crippen LogP contribution is -2.32. The fraction of sp³-hybridized carbons (Fsp3) is 0.0714. The van der Waals surface area contributed by atoms with Gasteiger partial charge in [-0.2, -0.15) is 0 Å². The van der Waals surface area contributed by atoms with Crippen LogP contribution >= 0.6 is 0 Å². The molecule has 7 heteroatoms. The first-order valence-electron chi connectivity index (χ1n) is 5.95. The number of methoxy groups -OCH3 is 1. The lowest BCUT2D eigenvalue weighted by atomic mass is 10.3. The van der Waals surface area contributed by atoms with Crippen molar-refractivity contribution in [2.75, 3.05) is 7.11 Å². The summed E-state index contributed by atoms with van der Waals surface area (Å²) in [6.45, 7) is 0. The molecular weight excluding hydrogens is 294 g/mol. The molecule has 0 spiro atoms. The maximum absolute atomic E-state index is 11.9. The molecule has 1 N–H and O–H groups in total. The van der Waals surface area contributed by atoms with Crippen molar-refractivity contribution in [2.45, 2.75) is 4.90 Å². The van der Waals surface area contributed by atoms with Crippen LogP contribution in [-0.4, -0.2) is 21.6 Å². The molecule has 0 aliphatic rings. The summed E-state index contributed by atoms with van der Waals surface area (Å²) >= 11 is 0. The average molecular weight is 307 g/mol. The maximum atomic E-state index is 11.9. The van der Waals surface area contributed by atoms with E-state index in [1.807, 2.05) is 4.72 Å². The molecule has 0 aliphatic carbocycles. The first-order valence-corrected chi connectivity index (χ1v) is 7.43. The number of sulfonamides is 1. The fourth-order valence-electron chi connectivity index (χ4n) is 1.54. The second-order valence-electron chi connectivity index (χ2n) is 3.98. The quantitative estimate of drug-likeness (QED) is 0.936. The third kappa shape index (κ3) is 3.96. The monoisotopic (exact) mass is 307 g/mol. The Balaban J connectivity index is 2.04. The lowest BCUT2D eigenvalue weighted by Gasteiger charge is -2.08. The van der Waals surface area contributed by atoms with E-state index >= 15 is 0 Å². The van der Waals surface area contributed by atoms with E-state index in [4.69, 9.17) is 9.47 Å². The number of carbonyl (C=O) groups excluding carboxylic acids is 1. The molecule has 21 heavy (non-hydrogen) atoms. The van der Waals surface area contributed by atoms with Crippen LogP contribution in [0.5, 0.6) is 11.5 Å². The first-order chi connectivity index (χ1) is 10.0. The molecule has 0 saturated carbocycles. The van der Waals surface area contributed by atoms with Gasteiger partial charge in [-0.1, -0.05) is 18.2 Å². The van der Waals surface area contributed by atoms with Gasteiger partial charge in [0.05, 0.1) is 12.0 Å². The summed E-state index contributed by atoms with van der Waals surface area (Å²) in [5, 5.41) is 0. The third-order valence-electron chi connectivity index (χ3n) is 2.54. The summed E-state index contributed by atoms with van der Waals surface area (Å²) in [6.07, 6.45) is -1.08. The van der Waals surface area contributed by atoms with Gasteiger partial charge in [0.15, 0.2) is 0 Å². The molecule has 0 fully saturated rings. The van der Waals surface area contributed by atoms with Crippen LogP contribution in [0.1, 0.15) is 0 Å². The van der Waals surface area contributed by atoms with Gasteiger partial charge in [0.25, 0.3) is 10.0 Å². The third-order valence-corrected chi connectivity index (χ3v) is 3.87. The Bertz CT molecular complexity index is 711. The van der Waals surface area contributed by atoms with Crippen LogP contribution in [0, 0.1) is 0 Å². The second-order valence-corrected chi connectivity index (χ2v) is 5.67. The minimum Gasteiger partial charge on any atom is -0.497 e. The van der Waals surface area contributed by atoms with Crippen LogP contribution < -0.4 is 14.2 Å². The van der Waals surface area contributed by atoms with Crippen molar-refractivity contribution in [3.8, 4) is 11.5 Å². The Morgan fingerprint density at radius 1 is 0.952 bits per heavy atom. The van der Waals surface area contributed by atoms with Gasteiger partial charge in [0.2, 0.25) is 0 Å². The molecule has 2 aromatic carbocycles. The SMILES string of the molecule is COc1ccc(OC(=O)NS(=O)(=O)c2ccccc2)cc1. The molecule has 2 rings (SSSR count). The summed E-state index contributed by atoms with van der Waals surface area (Å²) < 4.78 is 35.5. The average Bonchev–Trinajstić information content (AvgIpc) is 2.48. The molecule has 110 valence electrons. The highest BCUT2D eigenvalue weighted by molar-refractivity contribution is 7.90. The Hall–Kier alpha value is -2.54. The lowest BCUT2D eigenvalue weighted by molar-refractivity contribution is 0.206. The van der Waals surface area contributed by atoms with Crippen molar-refractivity contribution in [3.63, 3.8) is 0 Å². The molecule has 2 aromatic rings. The normalized spacial score (nSPS) is 10.7. The zero-order valence-electron chi connectivity index (χ0n) is 11.1. The highest BCUT2D eigenvalue weighted by Gasteiger charge is 2.18. The number of hydrogen-bond acceptors (Lipinski definition) is 5. The molecular formula is C14H13NO5S. The predicted molar refractivity (Wildman–Crippen MR) is 75.8 cm³/mol. The van der Waals surface area contributed by atoms with Gasteiger partial charge in [0, 0.05) is 0 Å². The van der Waals surface area contributed by atoms with Crippen molar-refractivity contribution < 1.29 is 22.7 Å². The number of amides is 1. The number of ether oxygens (including phenoxy) is 2. The second kappa shape index (κ2) is 6.27. The van der Waals surface area contributed by atoms with Crippen LogP contribution in [0.4, 0.5) is 4.79 Å². The van der Waals surface area contributed by atoms with Gasteiger partial charge in [-0.05, 0) is 36.4 Å². The first kappa shape index (κ1) is 14.9. The van der Waals surface area contributed by atoms with E-state index in [0.29, 0.717) is 5.75 Å². The van der Waals surface area contributed by atoms with Crippen LogP contribution in [0.2, 0.25) is 0 Å². The largest absolute Gasteiger partial charge is 0.497 e. The Labute approximate surface area is 122 Å². The standard InChI is InChI=1S/C14H13NO5S/c1-19-11-7-9-12(10-8-11)20-14(16)15-21(17,18)13-5-3-2-4-6-13/h2-10H,1H3,(H,15,16). The number of carbonyl (C=O) groups is 1. The topological polar surface area (TPSA) is 81.7 Å². The van der Waals surface area contributed by atoms with Gasteiger partial charge >= 0.3 is 6.09 Å². The molecule has 0 radical (unpaired) electrons. The fourth-order valence-corrected chi connectivity index (χ4v) is 2.43. The molecule has 0 unspecified atom stereocenters. The Kier molecular flexibility index (Phi) is 4.44. The van der Waals surface area contributed by atoms with Crippen molar-refractivity contribution in [2.24, 2.45) is 0 Å². The van der Waals surface area contributed by atoms with E-state index < -0.39 is 16.1 Å². The van der Waals surface area contributed by atoms with Crippen molar-refractivity contribution in [1.82, 2.24) is 4.72 Å². The zero-order chi connectivity index (χ0) is 15.3. The molecule has 0 heterocycles. The number of hydrogen-bond donors (Lipinski definition) is 1. The van der Waals surface area contributed by atoms with E-state index in [9.17, 15) is 13.2 Å². The zero-order valence-corrected chi connectivity index (χ0v) is 12.0. The molecule has 0 atom stereocenters. The predicted octanol–water partition coefficient (Wildman–Crippen LogP) is 2.17. The van der Waals surface area contributed by atoms with Crippen molar-refractivity contribution >= 4 is 16.1 Å². The molecule has 0 aliphatic heterocycles. The minimum absolute atomic E-state index is 0.0170. The number of benzene rings is 2. The van der Waals surface area contributed by atoms with Crippen molar-refractivity contribution in [1.29, 1.82) is 0 Å². The van der Waals surface area contributed by atoms with E-state index in [0.717, 1.165) is 0 Å². The summed E-state index contributed by atoms with van der Waals surface area (Å²) in [7, 11) is -2.43. The van der Waals surface area contributed by atoms with E-state index in [-0.39, 0.29) is 10.6 Å².